The molecule has 7 nitrogen and oxygen atoms in total. The standard InChI is InChI=1S/C25H31ClN2O5S/c1-25(2,26)17-32-21-10-7-8-18-12-13-19(33-23(18)21)16-27-14-5-6-15-28-24(29)20-9-3-4-11-22(20)34(28,30)31/h3-4,7-11,19,27H,5-6,12-17H2,1-2H3. The molecule has 4 rings (SSSR count). The van der Waals surface area contributed by atoms with Crippen molar-refractivity contribution in [2.45, 2.75) is 55.4 Å². The highest BCUT2D eigenvalue weighted by atomic mass is 35.5. The van der Waals surface area contributed by atoms with Gasteiger partial charge in [-0.15, -0.1) is 11.6 Å². The molecule has 1 N–H and O–H groups in total. The maximum Gasteiger partial charge on any atom is 0.269 e. The Bertz CT molecular complexity index is 1150. The van der Waals surface area contributed by atoms with E-state index in [4.69, 9.17) is 21.1 Å². The van der Waals surface area contributed by atoms with Gasteiger partial charge < -0.3 is 14.8 Å². The quantitative estimate of drug-likeness (QED) is 0.387. The predicted octanol–water partition coefficient (Wildman–Crippen LogP) is 3.99. The normalized spacial score (nSPS) is 18.9. The van der Waals surface area contributed by atoms with Crippen LogP contribution in [-0.4, -0.2) is 55.8 Å². The number of halogens is 1. The molecule has 2 aliphatic rings. The summed E-state index contributed by atoms with van der Waals surface area (Å²) in [6.07, 6.45) is 3.18. The third-order valence-electron chi connectivity index (χ3n) is 5.90. The second kappa shape index (κ2) is 10.1. The molecule has 0 aromatic heterocycles. The Hall–Kier alpha value is -2.29. The first-order valence-electron chi connectivity index (χ1n) is 11.6. The van der Waals surface area contributed by atoms with E-state index in [9.17, 15) is 13.2 Å². The average molecular weight is 507 g/mol. The molecule has 0 saturated carbocycles. The summed E-state index contributed by atoms with van der Waals surface area (Å²) in [6.45, 7) is 5.78. The molecule has 2 aliphatic heterocycles. The van der Waals surface area contributed by atoms with Gasteiger partial charge in [0.15, 0.2) is 11.5 Å². The number of hydrogen-bond donors (Lipinski definition) is 1. The van der Waals surface area contributed by atoms with E-state index in [1.54, 1.807) is 18.2 Å². The Morgan fingerprint density at radius 2 is 1.97 bits per heavy atom. The first-order chi connectivity index (χ1) is 16.2. The minimum absolute atomic E-state index is 0.0244. The average Bonchev–Trinajstić information content (AvgIpc) is 2.99. The molecule has 34 heavy (non-hydrogen) atoms. The second-order valence-electron chi connectivity index (χ2n) is 9.32. The van der Waals surface area contributed by atoms with E-state index < -0.39 is 20.8 Å². The summed E-state index contributed by atoms with van der Waals surface area (Å²) in [7, 11) is -3.73. The van der Waals surface area contributed by atoms with Gasteiger partial charge in [0.2, 0.25) is 0 Å². The number of alkyl halides is 1. The zero-order valence-electron chi connectivity index (χ0n) is 19.6. The van der Waals surface area contributed by atoms with Crippen LogP contribution in [0.25, 0.3) is 0 Å². The molecule has 0 spiro atoms. The van der Waals surface area contributed by atoms with Crippen LogP contribution >= 0.6 is 11.6 Å². The highest BCUT2D eigenvalue weighted by Gasteiger charge is 2.40. The molecular weight excluding hydrogens is 476 g/mol. The number of benzene rings is 2. The number of rotatable bonds is 10. The van der Waals surface area contributed by atoms with Gasteiger partial charge in [0.1, 0.15) is 17.6 Å². The van der Waals surface area contributed by atoms with Crippen LogP contribution in [0.15, 0.2) is 47.4 Å². The van der Waals surface area contributed by atoms with E-state index in [1.165, 1.54) is 6.07 Å². The van der Waals surface area contributed by atoms with Crippen LogP contribution in [-0.2, 0) is 16.4 Å². The van der Waals surface area contributed by atoms with Crippen molar-refractivity contribution in [3.63, 3.8) is 0 Å². The number of aryl methyl sites for hydroxylation is 1. The zero-order valence-corrected chi connectivity index (χ0v) is 21.1. The smallest absolute Gasteiger partial charge is 0.269 e. The largest absolute Gasteiger partial charge is 0.488 e. The lowest BCUT2D eigenvalue weighted by Gasteiger charge is -2.28. The molecule has 184 valence electrons. The van der Waals surface area contributed by atoms with E-state index >= 15 is 0 Å². The maximum atomic E-state index is 12.6. The molecular formula is C25H31ClN2O5S. The molecule has 2 aromatic carbocycles. The fourth-order valence-corrected chi connectivity index (χ4v) is 5.82. The van der Waals surface area contributed by atoms with Crippen LogP contribution in [0.1, 0.15) is 49.0 Å². The molecule has 2 heterocycles. The number of nitrogens with one attached hydrogen (secondary N) is 1. The van der Waals surface area contributed by atoms with Gasteiger partial charge >= 0.3 is 0 Å². The number of ether oxygens (including phenoxy) is 2. The van der Waals surface area contributed by atoms with Gasteiger partial charge in [0.25, 0.3) is 15.9 Å². The summed E-state index contributed by atoms with van der Waals surface area (Å²) >= 11 is 6.26. The number of para-hydroxylation sites is 1. The maximum absolute atomic E-state index is 12.6. The number of carbonyl (C=O) groups is 1. The van der Waals surface area contributed by atoms with Gasteiger partial charge in [-0.2, -0.15) is 0 Å². The predicted molar refractivity (Wildman–Crippen MR) is 131 cm³/mol. The van der Waals surface area contributed by atoms with Crippen molar-refractivity contribution < 1.29 is 22.7 Å². The van der Waals surface area contributed by atoms with E-state index in [2.05, 4.69) is 11.4 Å². The fourth-order valence-electron chi connectivity index (χ4n) is 4.16. The van der Waals surface area contributed by atoms with E-state index in [-0.39, 0.29) is 23.1 Å². The Balaban J connectivity index is 1.22. The zero-order chi connectivity index (χ0) is 24.3. The highest BCUT2D eigenvalue weighted by molar-refractivity contribution is 7.90. The van der Waals surface area contributed by atoms with Gasteiger partial charge in [-0.05, 0) is 69.8 Å². The third-order valence-corrected chi connectivity index (χ3v) is 7.85. The molecule has 0 saturated heterocycles. The topological polar surface area (TPSA) is 84.9 Å². The molecule has 0 radical (unpaired) electrons. The van der Waals surface area contributed by atoms with E-state index in [0.29, 0.717) is 31.9 Å². The Morgan fingerprint density at radius 1 is 1.18 bits per heavy atom. The van der Waals surface area contributed by atoms with Crippen molar-refractivity contribution in [3.8, 4) is 11.5 Å². The molecule has 9 heteroatoms. The fraction of sp³-hybridized carbons (Fsp3) is 0.480. The lowest BCUT2D eigenvalue weighted by molar-refractivity contribution is 0.0869. The van der Waals surface area contributed by atoms with Crippen LogP contribution in [0.5, 0.6) is 11.5 Å². The number of hydrogen-bond acceptors (Lipinski definition) is 6. The van der Waals surface area contributed by atoms with Crippen LogP contribution in [0, 0.1) is 0 Å². The molecule has 1 atom stereocenters. The number of fused-ring (bicyclic) bond motifs is 2. The summed E-state index contributed by atoms with van der Waals surface area (Å²) in [6, 6.07) is 12.3. The molecule has 2 aromatic rings. The first-order valence-corrected chi connectivity index (χ1v) is 13.5. The second-order valence-corrected chi connectivity index (χ2v) is 12.2. The van der Waals surface area contributed by atoms with Crippen molar-refractivity contribution in [1.29, 1.82) is 0 Å². The number of unbranched alkanes of at least 4 members (excludes halogenated alkanes) is 1. The summed E-state index contributed by atoms with van der Waals surface area (Å²) in [5, 5.41) is 3.40. The van der Waals surface area contributed by atoms with E-state index in [0.717, 1.165) is 34.9 Å². The summed E-state index contributed by atoms with van der Waals surface area (Å²) in [4.78, 5) is 12.1. The SMILES string of the molecule is CC(C)(Cl)COc1cccc2c1OC(CNCCCCN1C(=O)c3ccccc3S1(=O)=O)CC2. The van der Waals surface area contributed by atoms with Crippen LogP contribution in [0.3, 0.4) is 0 Å². The first kappa shape index (κ1) is 24.8. The Labute approximate surface area is 206 Å². The van der Waals surface area contributed by atoms with Crippen LogP contribution in [0.2, 0.25) is 0 Å². The summed E-state index contributed by atoms with van der Waals surface area (Å²) in [5.74, 6) is 1.07. The highest BCUT2D eigenvalue weighted by Crippen LogP contribution is 2.37. The van der Waals surface area contributed by atoms with Crippen molar-refractivity contribution in [2.75, 3.05) is 26.2 Å². The van der Waals surface area contributed by atoms with Gasteiger partial charge in [-0.3, -0.25) is 4.79 Å². The molecule has 1 unspecified atom stereocenters. The third kappa shape index (κ3) is 5.50. The van der Waals surface area contributed by atoms with Crippen molar-refractivity contribution in [3.05, 3.63) is 53.6 Å². The van der Waals surface area contributed by atoms with Gasteiger partial charge in [-0.25, -0.2) is 12.7 Å². The lowest BCUT2D eigenvalue weighted by atomic mass is 10.0. The van der Waals surface area contributed by atoms with Crippen molar-refractivity contribution in [2.24, 2.45) is 0 Å². The molecule has 1 amide bonds. The Kier molecular flexibility index (Phi) is 7.40. The van der Waals surface area contributed by atoms with Gasteiger partial charge in [0, 0.05) is 13.1 Å². The number of nitrogens with zero attached hydrogens (tertiary/aromatic N) is 1. The van der Waals surface area contributed by atoms with Gasteiger partial charge in [0.05, 0.1) is 10.4 Å². The molecule has 0 fully saturated rings. The number of carbonyl (C=O) groups excluding carboxylic acids is 1. The summed E-state index contributed by atoms with van der Waals surface area (Å²) in [5.41, 5.74) is 1.40. The minimum atomic E-state index is -3.73. The van der Waals surface area contributed by atoms with Crippen molar-refractivity contribution in [1.82, 2.24) is 9.62 Å². The monoisotopic (exact) mass is 506 g/mol. The molecule has 0 bridgehead atoms. The number of sulfonamides is 1. The molecule has 0 aliphatic carbocycles. The minimum Gasteiger partial charge on any atom is -0.488 e. The van der Waals surface area contributed by atoms with E-state index in [1.807, 2.05) is 26.0 Å². The summed E-state index contributed by atoms with van der Waals surface area (Å²) < 4.78 is 38.3. The number of amides is 1. The Morgan fingerprint density at radius 3 is 2.74 bits per heavy atom. The van der Waals surface area contributed by atoms with Crippen LogP contribution in [0.4, 0.5) is 0 Å². The van der Waals surface area contributed by atoms with Gasteiger partial charge in [-0.1, -0.05) is 24.3 Å². The lowest BCUT2D eigenvalue weighted by Crippen LogP contribution is -2.35. The van der Waals surface area contributed by atoms with Crippen LogP contribution < -0.4 is 14.8 Å². The van der Waals surface area contributed by atoms with Crippen molar-refractivity contribution >= 4 is 27.5 Å².